The second kappa shape index (κ2) is 5.65. The lowest BCUT2D eigenvalue weighted by Crippen LogP contribution is -1.92. The Balaban J connectivity index is 1.86. The monoisotopic (exact) mass is 347 g/mol. The van der Waals surface area contributed by atoms with Crippen LogP contribution in [-0.2, 0) is 6.42 Å². The van der Waals surface area contributed by atoms with Crippen LogP contribution in [0, 0.1) is 5.82 Å². The maximum absolute atomic E-state index is 12.9. The minimum atomic E-state index is -0.269. The normalized spacial score (nSPS) is 10.8. The fourth-order valence-electron chi connectivity index (χ4n) is 1.93. The van der Waals surface area contributed by atoms with Crippen LogP contribution in [0.2, 0.25) is 0 Å². The van der Waals surface area contributed by atoms with Crippen molar-refractivity contribution in [3.63, 3.8) is 0 Å². The Bertz CT molecular complexity index is 771. The zero-order valence-electron chi connectivity index (χ0n) is 10.9. The van der Waals surface area contributed by atoms with E-state index in [9.17, 15) is 4.39 Å². The van der Waals surface area contributed by atoms with E-state index in [0.29, 0.717) is 29.4 Å². The lowest BCUT2D eigenvalue weighted by molar-refractivity contribution is 0.424. The molecule has 0 spiro atoms. The van der Waals surface area contributed by atoms with E-state index in [1.807, 2.05) is 12.1 Å². The minimum Gasteiger partial charge on any atom is -0.398 e. The van der Waals surface area contributed by atoms with Gasteiger partial charge in [0, 0.05) is 16.6 Å². The molecule has 0 aliphatic rings. The van der Waals surface area contributed by atoms with Gasteiger partial charge in [0.1, 0.15) is 5.82 Å². The summed E-state index contributed by atoms with van der Waals surface area (Å²) in [6, 6.07) is 11.6. The van der Waals surface area contributed by atoms with Gasteiger partial charge in [0.15, 0.2) is 5.82 Å². The van der Waals surface area contributed by atoms with Gasteiger partial charge in [-0.05, 0) is 35.9 Å². The number of rotatable bonds is 3. The molecule has 0 amide bonds. The molecule has 4 nitrogen and oxygen atoms in total. The van der Waals surface area contributed by atoms with Crippen LogP contribution in [0.15, 0.2) is 51.5 Å². The Hall–Kier alpha value is -2.21. The van der Waals surface area contributed by atoms with Gasteiger partial charge in [-0.15, -0.1) is 0 Å². The number of nitrogens with two attached hydrogens (primary N) is 1. The zero-order chi connectivity index (χ0) is 14.8. The summed E-state index contributed by atoms with van der Waals surface area (Å²) in [4.78, 5) is 4.33. The van der Waals surface area contributed by atoms with Crippen molar-refractivity contribution in [1.29, 1.82) is 0 Å². The summed E-state index contributed by atoms with van der Waals surface area (Å²) in [7, 11) is 0. The summed E-state index contributed by atoms with van der Waals surface area (Å²) >= 11 is 3.38. The highest BCUT2D eigenvalue weighted by Gasteiger charge is 2.12. The maximum Gasteiger partial charge on any atom is 0.260 e. The van der Waals surface area contributed by atoms with Crippen molar-refractivity contribution in [2.24, 2.45) is 0 Å². The van der Waals surface area contributed by atoms with Crippen LogP contribution < -0.4 is 5.73 Å². The maximum atomic E-state index is 12.9. The quantitative estimate of drug-likeness (QED) is 0.731. The van der Waals surface area contributed by atoms with Crippen molar-refractivity contribution in [3.8, 4) is 11.5 Å². The lowest BCUT2D eigenvalue weighted by Gasteiger charge is -2.00. The zero-order valence-corrected chi connectivity index (χ0v) is 12.5. The van der Waals surface area contributed by atoms with Crippen molar-refractivity contribution in [3.05, 3.63) is 64.1 Å². The first-order valence-corrected chi connectivity index (χ1v) is 7.03. The van der Waals surface area contributed by atoms with Crippen LogP contribution in [-0.4, -0.2) is 10.1 Å². The molecule has 3 rings (SSSR count). The Labute approximate surface area is 128 Å². The van der Waals surface area contributed by atoms with Gasteiger partial charge < -0.3 is 10.3 Å². The molecule has 0 radical (unpaired) electrons. The molecular formula is C15H11BrFN3O. The molecule has 2 N–H and O–H groups in total. The fourth-order valence-corrected chi connectivity index (χ4v) is 2.29. The lowest BCUT2D eigenvalue weighted by atomic mass is 10.1. The van der Waals surface area contributed by atoms with Gasteiger partial charge in [0.2, 0.25) is 0 Å². The number of anilines is 1. The molecule has 106 valence electrons. The molecule has 0 aliphatic heterocycles. The largest absolute Gasteiger partial charge is 0.398 e. The van der Waals surface area contributed by atoms with Gasteiger partial charge in [-0.3, -0.25) is 0 Å². The second-order valence-corrected chi connectivity index (χ2v) is 5.47. The Morgan fingerprint density at radius 2 is 1.90 bits per heavy atom. The molecule has 21 heavy (non-hydrogen) atoms. The molecule has 0 saturated carbocycles. The number of halogens is 2. The SMILES string of the molecule is Nc1ccc(Br)cc1-c1nc(Cc2ccc(F)cc2)no1. The average Bonchev–Trinajstić information content (AvgIpc) is 2.92. The predicted octanol–water partition coefficient (Wildman–Crippen LogP) is 3.81. The van der Waals surface area contributed by atoms with Gasteiger partial charge in [-0.2, -0.15) is 4.98 Å². The van der Waals surface area contributed by atoms with Gasteiger partial charge in [-0.1, -0.05) is 33.2 Å². The van der Waals surface area contributed by atoms with Crippen LogP contribution in [0.25, 0.3) is 11.5 Å². The second-order valence-electron chi connectivity index (χ2n) is 4.55. The van der Waals surface area contributed by atoms with Crippen LogP contribution >= 0.6 is 15.9 Å². The molecule has 3 aromatic rings. The molecule has 2 aromatic carbocycles. The van der Waals surface area contributed by atoms with Crippen molar-refractivity contribution >= 4 is 21.6 Å². The molecule has 6 heteroatoms. The predicted molar refractivity (Wildman–Crippen MR) is 81.1 cm³/mol. The summed E-state index contributed by atoms with van der Waals surface area (Å²) in [6.45, 7) is 0. The van der Waals surface area contributed by atoms with Crippen molar-refractivity contribution in [2.45, 2.75) is 6.42 Å². The third-order valence-electron chi connectivity index (χ3n) is 2.99. The Kier molecular flexibility index (Phi) is 3.70. The Morgan fingerprint density at radius 1 is 1.14 bits per heavy atom. The minimum absolute atomic E-state index is 0.269. The summed E-state index contributed by atoms with van der Waals surface area (Å²) in [6.07, 6.45) is 0.470. The summed E-state index contributed by atoms with van der Waals surface area (Å²) in [5, 5.41) is 3.93. The van der Waals surface area contributed by atoms with E-state index >= 15 is 0 Å². The molecule has 0 unspecified atom stereocenters. The highest BCUT2D eigenvalue weighted by atomic mass is 79.9. The fraction of sp³-hybridized carbons (Fsp3) is 0.0667. The van der Waals surface area contributed by atoms with Crippen LogP contribution in [0.4, 0.5) is 10.1 Å². The van der Waals surface area contributed by atoms with E-state index in [1.54, 1.807) is 18.2 Å². The number of aromatic nitrogens is 2. The molecule has 1 aromatic heterocycles. The Morgan fingerprint density at radius 3 is 2.67 bits per heavy atom. The van der Waals surface area contributed by atoms with E-state index in [4.69, 9.17) is 10.3 Å². The highest BCUT2D eigenvalue weighted by molar-refractivity contribution is 9.10. The van der Waals surface area contributed by atoms with Crippen molar-refractivity contribution in [1.82, 2.24) is 10.1 Å². The van der Waals surface area contributed by atoms with E-state index in [2.05, 4.69) is 26.1 Å². The number of nitrogens with zero attached hydrogens (tertiary/aromatic N) is 2. The van der Waals surface area contributed by atoms with Crippen LogP contribution in [0.5, 0.6) is 0 Å². The standard InChI is InChI=1S/C15H11BrFN3O/c16-10-3-6-13(18)12(8-10)15-19-14(20-21-15)7-9-1-4-11(17)5-2-9/h1-6,8H,7,18H2. The number of benzene rings is 2. The topological polar surface area (TPSA) is 64.9 Å². The van der Waals surface area contributed by atoms with Gasteiger partial charge in [0.05, 0.1) is 5.56 Å². The van der Waals surface area contributed by atoms with E-state index in [-0.39, 0.29) is 5.82 Å². The first kappa shape index (κ1) is 13.8. The number of hydrogen-bond donors (Lipinski definition) is 1. The van der Waals surface area contributed by atoms with Crippen LogP contribution in [0.3, 0.4) is 0 Å². The number of nitrogen functional groups attached to an aromatic ring is 1. The summed E-state index contributed by atoms with van der Waals surface area (Å²) < 4.78 is 19.0. The molecule has 0 bridgehead atoms. The van der Waals surface area contributed by atoms with Gasteiger partial charge in [0.25, 0.3) is 5.89 Å². The van der Waals surface area contributed by atoms with E-state index < -0.39 is 0 Å². The molecule has 0 atom stereocenters. The highest BCUT2D eigenvalue weighted by Crippen LogP contribution is 2.27. The molecule has 0 fully saturated rings. The van der Waals surface area contributed by atoms with Crippen molar-refractivity contribution in [2.75, 3.05) is 5.73 Å². The third-order valence-corrected chi connectivity index (χ3v) is 3.48. The molecule has 1 heterocycles. The van der Waals surface area contributed by atoms with E-state index in [1.165, 1.54) is 12.1 Å². The molecular weight excluding hydrogens is 337 g/mol. The first-order valence-electron chi connectivity index (χ1n) is 6.24. The van der Waals surface area contributed by atoms with Crippen molar-refractivity contribution < 1.29 is 8.91 Å². The molecule has 0 aliphatic carbocycles. The van der Waals surface area contributed by atoms with Gasteiger partial charge >= 0.3 is 0 Å². The smallest absolute Gasteiger partial charge is 0.260 e. The first-order chi connectivity index (χ1) is 10.1. The summed E-state index contributed by atoms with van der Waals surface area (Å²) in [5.41, 5.74) is 8.07. The van der Waals surface area contributed by atoms with Crippen LogP contribution in [0.1, 0.15) is 11.4 Å². The average molecular weight is 348 g/mol. The van der Waals surface area contributed by atoms with E-state index in [0.717, 1.165) is 10.0 Å². The van der Waals surface area contributed by atoms with Gasteiger partial charge in [-0.25, -0.2) is 4.39 Å². The third kappa shape index (κ3) is 3.11. The number of hydrogen-bond acceptors (Lipinski definition) is 4. The summed E-state index contributed by atoms with van der Waals surface area (Å²) in [5.74, 6) is 0.622. The molecule has 0 saturated heterocycles.